The van der Waals surface area contributed by atoms with Crippen LogP contribution in [0.25, 0.3) is 0 Å². The highest BCUT2D eigenvalue weighted by Crippen LogP contribution is 2.47. The van der Waals surface area contributed by atoms with E-state index in [1.54, 1.807) is 0 Å². The van der Waals surface area contributed by atoms with Gasteiger partial charge in [-0.25, -0.2) is 0 Å². The van der Waals surface area contributed by atoms with Crippen LogP contribution < -0.4 is 0 Å². The molecule has 0 aliphatic heterocycles. The van der Waals surface area contributed by atoms with Crippen LogP contribution in [-0.2, 0) is 0 Å². The first-order valence-corrected chi connectivity index (χ1v) is 8.70. The molecule has 2 rings (SSSR count). The van der Waals surface area contributed by atoms with E-state index in [2.05, 4.69) is 19.9 Å². The van der Waals surface area contributed by atoms with Crippen molar-refractivity contribution in [2.24, 2.45) is 23.2 Å². The van der Waals surface area contributed by atoms with Crippen LogP contribution in [0.3, 0.4) is 0 Å². The molecular formula is C18H31NO. The molecule has 0 aromatic heterocycles. The lowest BCUT2D eigenvalue weighted by atomic mass is 9.62. The first-order valence-electron chi connectivity index (χ1n) is 8.70. The van der Waals surface area contributed by atoms with Crippen molar-refractivity contribution >= 4 is 0 Å². The Kier molecular flexibility index (Phi) is 5.49. The van der Waals surface area contributed by atoms with Gasteiger partial charge in [0.05, 0.1) is 17.6 Å². The highest BCUT2D eigenvalue weighted by molar-refractivity contribution is 5.07. The highest BCUT2D eigenvalue weighted by Gasteiger charge is 2.45. The number of rotatable bonds is 4. The number of aliphatic hydroxyl groups is 1. The molecule has 0 heterocycles. The molecule has 2 nitrogen and oxygen atoms in total. The Balaban J connectivity index is 1.99. The van der Waals surface area contributed by atoms with E-state index in [-0.39, 0.29) is 0 Å². The van der Waals surface area contributed by atoms with Gasteiger partial charge in [0.2, 0.25) is 0 Å². The maximum absolute atomic E-state index is 10.9. The summed E-state index contributed by atoms with van der Waals surface area (Å²) in [6.07, 6.45) is 11.0. The molecule has 2 heteroatoms. The third kappa shape index (κ3) is 3.37. The maximum atomic E-state index is 10.9. The van der Waals surface area contributed by atoms with Crippen LogP contribution in [0, 0.1) is 34.5 Å². The fourth-order valence-corrected chi connectivity index (χ4v) is 4.58. The Morgan fingerprint density at radius 2 is 1.95 bits per heavy atom. The summed E-state index contributed by atoms with van der Waals surface area (Å²) in [6.45, 7) is 4.53. The van der Waals surface area contributed by atoms with Crippen LogP contribution in [0.1, 0.15) is 78.1 Å². The standard InChI is InChI=1S/C18H31NO/c1-3-5-15-8-10-18(13-19,11-9-15)17(20)16-7-4-6-14(2)12-16/h14-17,20H,3-12H2,1-2H3. The lowest BCUT2D eigenvalue weighted by Gasteiger charge is -2.43. The van der Waals surface area contributed by atoms with Crippen molar-refractivity contribution in [2.45, 2.75) is 84.2 Å². The van der Waals surface area contributed by atoms with Crippen LogP contribution in [0.2, 0.25) is 0 Å². The van der Waals surface area contributed by atoms with Gasteiger partial charge in [0.25, 0.3) is 0 Å². The minimum atomic E-state index is -0.439. The van der Waals surface area contributed by atoms with Gasteiger partial charge in [0, 0.05) is 0 Å². The molecule has 2 saturated carbocycles. The SMILES string of the molecule is CCCC1CCC(C#N)(C(O)C2CCCC(C)C2)CC1. The Morgan fingerprint density at radius 3 is 2.50 bits per heavy atom. The summed E-state index contributed by atoms with van der Waals surface area (Å²) in [5, 5.41) is 20.6. The second-order valence-corrected chi connectivity index (χ2v) is 7.48. The first kappa shape index (κ1) is 15.8. The van der Waals surface area contributed by atoms with E-state index in [1.807, 2.05) is 0 Å². The van der Waals surface area contributed by atoms with Crippen LogP contribution >= 0.6 is 0 Å². The molecular weight excluding hydrogens is 246 g/mol. The second kappa shape index (κ2) is 6.94. The van der Waals surface area contributed by atoms with E-state index in [0.29, 0.717) is 5.92 Å². The molecule has 20 heavy (non-hydrogen) atoms. The van der Waals surface area contributed by atoms with Gasteiger partial charge < -0.3 is 5.11 Å². The third-order valence-corrected chi connectivity index (χ3v) is 5.91. The van der Waals surface area contributed by atoms with Crippen molar-refractivity contribution in [1.82, 2.24) is 0 Å². The van der Waals surface area contributed by atoms with E-state index >= 15 is 0 Å². The summed E-state index contributed by atoms with van der Waals surface area (Å²) < 4.78 is 0. The van der Waals surface area contributed by atoms with Crippen LogP contribution in [0.5, 0.6) is 0 Å². The molecule has 1 N–H and O–H groups in total. The zero-order valence-electron chi connectivity index (χ0n) is 13.3. The quantitative estimate of drug-likeness (QED) is 0.811. The van der Waals surface area contributed by atoms with Gasteiger partial charge in [-0.3, -0.25) is 0 Å². The molecule has 0 spiro atoms. The molecule has 0 amide bonds. The molecule has 0 aromatic carbocycles. The Bertz CT molecular complexity index is 338. The first-order chi connectivity index (χ1) is 9.61. The number of hydrogen-bond donors (Lipinski definition) is 1. The molecule has 2 fully saturated rings. The summed E-state index contributed by atoms with van der Waals surface area (Å²) >= 11 is 0. The van der Waals surface area contributed by atoms with Crippen LogP contribution in [-0.4, -0.2) is 11.2 Å². The normalized spacial score (nSPS) is 40.0. The van der Waals surface area contributed by atoms with Gasteiger partial charge in [0.15, 0.2) is 0 Å². The molecule has 3 unspecified atom stereocenters. The van der Waals surface area contributed by atoms with Gasteiger partial charge in [-0.15, -0.1) is 0 Å². The fraction of sp³-hybridized carbons (Fsp3) is 0.944. The van der Waals surface area contributed by atoms with E-state index < -0.39 is 11.5 Å². The number of nitriles is 1. The van der Waals surface area contributed by atoms with Crippen molar-refractivity contribution in [3.63, 3.8) is 0 Å². The molecule has 0 saturated heterocycles. The van der Waals surface area contributed by atoms with Crippen molar-refractivity contribution in [2.75, 3.05) is 0 Å². The minimum Gasteiger partial charge on any atom is -0.391 e. The highest BCUT2D eigenvalue weighted by atomic mass is 16.3. The summed E-state index contributed by atoms with van der Waals surface area (Å²) in [6, 6.07) is 2.54. The minimum absolute atomic E-state index is 0.362. The number of hydrogen-bond acceptors (Lipinski definition) is 2. The van der Waals surface area contributed by atoms with Crippen molar-refractivity contribution in [1.29, 1.82) is 5.26 Å². The van der Waals surface area contributed by atoms with Gasteiger partial charge in [-0.05, 0) is 56.3 Å². The summed E-state index contributed by atoms with van der Waals surface area (Å²) in [7, 11) is 0. The van der Waals surface area contributed by atoms with E-state index in [4.69, 9.17) is 0 Å². The van der Waals surface area contributed by atoms with E-state index in [0.717, 1.165) is 50.4 Å². The van der Waals surface area contributed by atoms with Gasteiger partial charge in [-0.1, -0.05) is 39.5 Å². The molecule has 0 aromatic rings. The fourth-order valence-electron chi connectivity index (χ4n) is 4.58. The van der Waals surface area contributed by atoms with E-state index in [9.17, 15) is 10.4 Å². The topological polar surface area (TPSA) is 44.0 Å². The Morgan fingerprint density at radius 1 is 1.25 bits per heavy atom. The lowest BCUT2D eigenvalue weighted by molar-refractivity contribution is -0.0323. The van der Waals surface area contributed by atoms with Gasteiger partial charge >= 0.3 is 0 Å². The van der Waals surface area contributed by atoms with Gasteiger partial charge in [-0.2, -0.15) is 5.26 Å². The molecule has 0 bridgehead atoms. The molecule has 2 aliphatic rings. The average molecular weight is 277 g/mol. The van der Waals surface area contributed by atoms with Crippen molar-refractivity contribution in [3.05, 3.63) is 0 Å². The lowest BCUT2D eigenvalue weighted by Crippen LogP contribution is -2.43. The Labute approximate surface area is 124 Å². The van der Waals surface area contributed by atoms with Crippen molar-refractivity contribution < 1.29 is 5.11 Å². The monoisotopic (exact) mass is 277 g/mol. The largest absolute Gasteiger partial charge is 0.391 e. The molecule has 0 radical (unpaired) electrons. The number of nitrogens with zero attached hydrogens (tertiary/aromatic N) is 1. The Hall–Kier alpha value is -0.550. The summed E-state index contributed by atoms with van der Waals surface area (Å²) in [5.74, 6) is 1.87. The average Bonchev–Trinajstić information content (AvgIpc) is 2.48. The molecule has 2 aliphatic carbocycles. The van der Waals surface area contributed by atoms with Crippen LogP contribution in [0.15, 0.2) is 0 Å². The zero-order chi connectivity index (χ0) is 14.6. The second-order valence-electron chi connectivity index (χ2n) is 7.48. The predicted octanol–water partition coefficient (Wildman–Crippen LogP) is 4.67. The van der Waals surface area contributed by atoms with Gasteiger partial charge in [0.1, 0.15) is 0 Å². The van der Waals surface area contributed by atoms with Crippen LogP contribution in [0.4, 0.5) is 0 Å². The van der Waals surface area contributed by atoms with Crippen molar-refractivity contribution in [3.8, 4) is 6.07 Å². The number of aliphatic hydroxyl groups excluding tert-OH is 1. The van der Waals surface area contributed by atoms with E-state index in [1.165, 1.54) is 25.7 Å². The smallest absolute Gasteiger partial charge is 0.0835 e. The predicted molar refractivity (Wildman–Crippen MR) is 82.0 cm³/mol. The zero-order valence-corrected chi connectivity index (χ0v) is 13.3. The maximum Gasteiger partial charge on any atom is 0.0835 e. The molecule has 114 valence electrons. The third-order valence-electron chi connectivity index (χ3n) is 5.91. The summed E-state index contributed by atoms with van der Waals surface area (Å²) in [4.78, 5) is 0. The molecule has 3 atom stereocenters. The summed E-state index contributed by atoms with van der Waals surface area (Å²) in [5.41, 5.74) is -0.439.